The summed E-state index contributed by atoms with van der Waals surface area (Å²) in [5.41, 5.74) is 1.20. The minimum Gasteiger partial charge on any atom is -0.495 e. The molecule has 0 aliphatic rings. The molecule has 0 heterocycles. The molecule has 0 fully saturated rings. The smallest absolute Gasteiger partial charge is 0.246 e. The fourth-order valence-corrected chi connectivity index (χ4v) is 4.44. The van der Waals surface area contributed by atoms with E-state index in [4.69, 9.17) is 27.9 Å². The molecule has 1 N–H and O–H groups in total. The number of hydrogen-bond donors (Lipinski definition) is 1. The molecule has 0 bridgehead atoms. The van der Waals surface area contributed by atoms with Crippen LogP contribution in [0.3, 0.4) is 0 Å². The summed E-state index contributed by atoms with van der Waals surface area (Å²) in [6, 6.07) is 9.57. The molecule has 1 atom stereocenters. The van der Waals surface area contributed by atoms with Crippen molar-refractivity contribution in [2.75, 3.05) is 40.1 Å². The second kappa shape index (κ2) is 9.98. The number of benzene rings is 2. The molecule has 2 aromatic carbocycles. The number of anilines is 1. The normalized spacial score (nSPS) is 12.8. The van der Waals surface area contributed by atoms with Crippen LogP contribution in [0.1, 0.15) is 18.5 Å². The first-order chi connectivity index (χ1) is 14.0. The number of rotatable bonds is 8. The Hall–Kier alpha value is -1.84. The SMILES string of the molecule is COc1ccc(NC(=O)CN(C)C(C)c2ccc(Cl)cc2Cl)cc1S(=O)(=O)N(C)C. The molecule has 10 heteroatoms. The van der Waals surface area contributed by atoms with Crippen LogP contribution in [0.5, 0.6) is 5.75 Å². The molecule has 30 heavy (non-hydrogen) atoms. The molecular weight excluding hydrogens is 449 g/mol. The third kappa shape index (κ3) is 5.65. The van der Waals surface area contributed by atoms with Crippen molar-refractivity contribution < 1.29 is 17.9 Å². The highest BCUT2D eigenvalue weighted by Crippen LogP contribution is 2.30. The average molecular weight is 474 g/mol. The summed E-state index contributed by atoms with van der Waals surface area (Å²) in [7, 11) is 2.31. The predicted octanol–water partition coefficient (Wildman–Crippen LogP) is 3.88. The topological polar surface area (TPSA) is 79.0 Å². The van der Waals surface area contributed by atoms with Crippen molar-refractivity contribution in [3.8, 4) is 5.75 Å². The van der Waals surface area contributed by atoms with Crippen LogP contribution >= 0.6 is 23.2 Å². The zero-order chi connectivity index (χ0) is 22.6. The Morgan fingerprint density at radius 3 is 2.37 bits per heavy atom. The lowest BCUT2D eigenvalue weighted by Crippen LogP contribution is -2.32. The molecule has 7 nitrogen and oxygen atoms in total. The van der Waals surface area contributed by atoms with Gasteiger partial charge in [0.2, 0.25) is 15.9 Å². The third-order valence-corrected chi connectivity index (χ3v) is 7.07. The Morgan fingerprint density at radius 1 is 1.13 bits per heavy atom. The van der Waals surface area contributed by atoms with E-state index >= 15 is 0 Å². The summed E-state index contributed by atoms with van der Waals surface area (Å²) in [5, 5.41) is 3.80. The van der Waals surface area contributed by atoms with E-state index in [0.717, 1.165) is 9.87 Å². The number of sulfonamides is 1. The number of nitrogens with one attached hydrogen (secondary N) is 1. The van der Waals surface area contributed by atoms with E-state index in [1.165, 1.54) is 33.3 Å². The van der Waals surface area contributed by atoms with Crippen molar-refractivity contribution in [2.45, 2.75) is 17.9 Å². The van der Waals surface area contributed by atoms with Crippen LogP contribution in [-0.2, 0) is 14.8 Å². The van der Waals surface area contributed by atoms with Crippen LogP contribution in [0.4, 0.5) is 5.69 Å². The van der Waals surface area contributed by atoms with Gasteiger partial charge in [0.25, 0.3) is 0 Å². The minimum absolute atomic E-state index is 0.0255. The van der Waals surface area contributed by atoms with Crippen molar-refractivity contribution >= 4 is 44.8 Å². The standard InChI is InChI=1S/C20H25Cl2N3O4S/c1-13(16-8-6-14(21)10-17(16)22)25(4)12-20(26)23-15-7-9-18(29-5)19(11-15)30(27,28)24(2)3/h6-11,13H,12H2,1-5H3,(H,23,26). The van der Waals surface area contributed by atoms with Crippen LogP contribution in [-0.4, -0.2) is 58.3 Å². The summed E-state index contributed by atoms with van der Waals surface area (Å²) < 4.78 is 31.3. The van der Waals surface area contributed by atoms with Crippen molar-refractivity contribution in [1.29, 1.82) is 0 Å². The van der Waals surface area contributed by atoms with Crippen LogP contribution in [0.25, 0.3) is 0 Å². The summed E-state index contributed by atoms with van der Waals surface area (Å²) in [4.78, 5) is 14.3. The van der Waals surface area contributed by atoms with E-state index in [-0.39, 0.29) is 29.1 Å². The van der Waals surface area contributed by atoms with Gasteiger partial charge in [-0.25, -0.2) is 12.7 Å². The van der Waals surface area contributed by atoms with E-state index in [0.29, 0.717) is 15.7 Å². The number of hydrogen-bond acceptors (Lipinski definition) is 5. The van der Waals surface area contributed by atoms with E-state index < -0.39 is 10.0 Å². The van der Waals surface area contributed by atoms with Gasteiger partial charge in [-0.15, -0.1) is 0 Å². The molecule has 0 aromatic heterocycles. The fourth-order valence-electron chi connectivity index (χ4n) is 2.79. The van der Waals surface area contributed by atoms with E-state index in [9.17, 15) is 13.2 Å². The first kappa shape index (κ1) is 24.4. The van der Waals surface area contributed by atoms with Crippen LogP contribution in [0.15, 0.2) is 41.3 Å². The third-order valence-electron chi connectivity index (χ3n) is 4.67. The largest absolute Gasteiger partial charge is 0.495 e. The molecule has 0 radical (unpaired) electrons. The Morgan fingerprint density at radius 2 is 1.80 bits per heavy atom. The Balaban J connectivity index is 2.16. The quantitative estimate of drug-likeness (QED) is 0.628. The number of halogens is 2. The van der Waals surface area contributed by atoms with Crippen molar-refractivity contribution in [1.82, 2.24) is 9.21 Å². The van der Waals surface area contributed by atoms with E-state index in [1.54, 1.807) is 25.2 Å². The fraction of sp³-hybridized carbons (Fsp3) is 0.350. The number of methoxy groups -OCH3 is 1. The predicted molar refractivity (Wildman–Crippen MR) is 120 cm³/mol. The van der Waals surface area contributed by atoms with Gasteiger partial charge in [-0.05, 0) is 49.9 Å². The summed E-state index contributed by atoms with van der Waals surface area (Å²) in [6.45, 7) is 2.00. The molecule has 164 valence electrons. The molecule has 1 amide bonds. The van der Waals surface area contributed by atoms with Gasteiger partial charge in [0, 0.05) is 35.9 Å². The molecule has 0 saturated heterocycles. The van der Waals surface area contributed by atoms with E-state index in [1.807, 2.05) is 17.9 Å². The first-order valence-electron chi connectivity index (χ1n) is 9.03. The highest BCUT2D eigenvalue weighted by atomic mass is 35.5. The van der Waals surface area contributed by atoms with Crippen molar-refractivity contribution in [3.63, 3.8) is 0 Å². The van der Waals surface area contributed by atoms with Gasteiger partial charge in [0.1, 0.15) is 10.6 Å². The molecule has 1 unspecified atom stereocenters. The molecule has 0 spiro atoms. The van der Waals surface area contributed by atoms with Gasteiger partial charge in [0.15, 0.2) is 0 Å². The monoisotopic (exact) mass is 473 g/mol. The zero-order valence-corrected chi connectivity index (χ0v) is 19.8. The number of carbonyl (C=O) groups is 1. The molecule has 2 aromatic rings. The van der Waals surface area contributed by atoms with Crippen molar-refractivity contribution in [2.24, 2.45) is 0 Å². The minimum atomic E-state index is -3.74. The Labute approximate surface area is 187 Å². The lowest BCUT2D eigenvalue weighted by atomic mass is 10.1. The lowest BCUT2D eigenvalue weighted by molar-refractivity contribution is -0.117. The highest BCUT2D eigenvalue weighted by Gasteiger charge is 2.23. The Kier molecular flexibility index (Phi) is 8.13. The average Bonchev–Trinajstić information content (AvgIpc) is 2.67. The van der Waals surface area contributed by atoms with Gasteiger partial charge in [-0.3, -0.25) is 9.69 Å². The maximum absolute atomic E-state index is 12.5. The van der Waals surface area contributed by atoms with Gasteiger partial charge in [-0.1, -0.05) is 29.3 Å². The number of carbonyl (C=O) groups excluding carboxylic acids is 1. The molecular formula is C20H25Cl2N3O4S. The zero-order valence-electron chi connectivity index (χ0n) is 17.4. The number of amides is 1. The van der Waals surface area contributed by atoms with Gasteiger partial charge >= 0.3 is 0 Å². The summed E-state index contributed by atoms with van der Waals surface area (Å²) in [6.07, 6.45) is 0. The summed E-state index contributed by atoms with van der Waals surface area (Å²) in [5.74, 6) is -0.0994. The second-order valence-corrected chi connectivity index (χ2v) is 9.92. The van der Waals surface area contributed by atoms with Crippen molar-refractivity contribution in [3.05, 3.63) is 52.0 Å². The van der Waals surface area contributed by atoms with E-state index in [2.05, 4.69) is 5.32 Å². The van der Waals surface area contributed by atoms with Crippen LogP contribution in [0, 0.1) is 0 Å². The van der Waals surface area contributed by atoms with Gasteiger partial charge < -0.3 is 10.1 Å². The first-order valence-corrected chi connectivity index (χ1v) is 11.2. The number of nitrogens with zero attached hydrogens (tertiary/aromatic N) is 2. The molecule has 0 aliphatic carbocycles. The second-order valence-electron chi connectivity index (χ2n) is 6.96. The molecule has 0 saturated carbocycles. The maximum Gasteiger partial charge on any atom is 0.246 e. The summed E-state index contributed by atoms with van der Waals surface area (Å²) >= 11 is 12.2. The molecule has 0 aliphatic heterocycles. The van der Waals surface area contributed by atoms with Gasteiger partial charge in [0.05, 0.1) is 13.7 Å². The van der Waals surface area contributed by atoms with Gasteiger partial charge in [-0.2, -0.15) is 0 Å². The Bertz CT molecular complexity index is 1030. The van der Waals surface area contributed by atoms with Crippen LogP contribution in [0.2, 0.25) is 10.0 Å². The highest BCUT2D eigenvalue weighted by molar-refractivity contribution is 7.89. The molecule has 2 rings (SSSR count). The lowest BCUT2D eigenvalue weighted by Gasteiger charge is -2.25. The number of likely N-dealkylation sites (N-methyl/N-ethyl adjacent to an activating group) is 1. The van der Waals surface area contributed by atoms with Crippen LogP contribution < -0.4 is 10.1 Å². The number of ether oxygens (including phenoxy) is 1. The maximum atomic E-state index is 12.5.